The number of nitrogens with one attached hydrogen (secondary N) is 1. The summed E-state index contributed by atoms with van der Waals surface area (Å²) in [4.78, 5) is 15.3. The van der Waals surface area contributed by atoms with Crippen LogP contribution in [0.2, 0.25) is 0 Å². The van der Waals surface area contributed by atoms with Crippen molar-refractivity contribution in [3.8, 4) is 6.07 Å². The molecule has 0 radical (unpaired) electrons. The van der Waals surface area contributed by atoms with Gasteiger partial charge in [0.15, 0.2) is 0 Å². The van der Waals surface area contributed by atoms with Crippen LogP contribution in [0.4, 0.5) is 5.82 Å². The number of nitrogens with zero attached hydrogens (tertiary/aromatic N) is 2. The Bertz CT molecular complexity index is 438. The highest BCUT2D eigenvalue weighted by molar-refractivity contribution is 5.69. The molecule has 1 heterocycles. The molecule has 5 heteroatoms. The Labute approximate surface area is 107 Å². The molecule has 0 aromatic carbocycles. The van der Waals surface area contributed by atoms with Crippen LogP contribution in [0, 0.1) is 11.3 Å². The van der Waals surface area contributed by atoms with Gasteiger partial charge in [-0.15, -0.1) is 0 Å². The van der Waals surface area contributed by atoms with Gasteiger partial charge in [-0.2, -0.15) is 5.26 Å². The van der Waals surface area contributed by atoms with Gasteiger partial charge in [0.2, 0.25) is 0 Å². The second-order valence-corrected chi connectivity index (χ2v) is 4.08. The molecule has 0 fully saturated rings. The molecule has 0 amide bonds. The van der Waals surface area contributed by atoms with Crippen molar-refractivity contribution in [2.24, 2.45) is 0 Å². The zero-order chi connectivity index (χ0) is 13.4. The molecule has 1 aromatic heterocycles. The van der Waals surface area contributed by atoms with Crippen LogP contribution in [0.5, 0.6) is 0 Å². The number of carbonyl (C=O) groups excluding carboxylic acids is 1. The lowest BCUT2D eigenvalue weighted by Crippen LogP contribution is -2.13. The predicted molar refractivity (Wildman–Crippen MR) is 67.9 cm³/mol. The molecule has 1 rings (SSSR count). The van der Waals surface area contributed by atoms with E-state index in [-0.39, 0.29) is 12.1 Å². The van der Waals surface area contributed by atoms with E-state index in [0.29, 0.717) is 30.8 Å². The normalized spacial score (nSPS) is 9.89. The summed E-state index contributed by atoms with van der Waals surface area (Å²) in [5.74, 6) is 0.352. The first-order chi connectivity index (χ1) is 8.63. The van der Waals surface area contributed by atoms with E-state index in [1.807, 2.05) is 13.8 Å². The topological polar surface area (TPSA) is 75.0 Å². The molecule has 96 valence electrons. The third-order valence-electron chi connectivity index (χ3n) is 2.15. The highest BCUT2D eigenvalue weighted by atomic mass is 16.5. The average molecular weight is 247 g/mol. The summed E-state index contributed by atoms with van der Waals surface area (Å²) in [6.07, 6.45) is 2.55. The molecule has 0 aliphatic carbocycles. The molecule has 0 spiro atoms. The van der Waals surface area contributed by atoms with Crippen molar-refractivity contribution >= 4 is 11.8 Å². The maximum absolute atomic E-state index is 11.3. The number of hydrogen-bond acceptors (Lipinski definition) is 5. The minimum absolute atomic E-state index is 0.0774. The number of nitriles is 1. The summed E-state index contributed by atoms with van der Waals surface area (Å²) in [6.45, 7) is 4.23. The van der Waals surface area contributed by atoms with Gasteiger partial charge in [-0.05, 0) is 32.4 Å². The minimum Gasteiger partial charge on any atom is -0.463 e. The third-order valence-corrected chi connectivity index (χ3v) is 2.15. The van der Waals surface area contributed by atoms with E-state index < -0.39 is 0 Å². The van der Waals surface area contributed by atoms with E-state index in [9.17, 15) is 4.79 Å². The number of hydrogen-bond donors (Lipinski definition) is 1. The Hall–Kier alpha value is -2.09. The van der Waals surface area contributed by atoms with Gasteiger partial charge in [0.1, 0.15) is 11.9 Å². The van der Waals surface area contributed by atoms with Crippen LogP contribution in [-0.2, 0) is 9.53 Å². The van der Waals surface area contributed by atoms with E-state index in [1.54, 1.807) is 18.3 Å². The highest BCUT2D eigenvalue weighted by Crippen LogP contribution is 2.09. The predicted octanol–water partition coefficient (Wildman–Crippen LogP) is 2.10. The zero-order valence-corrected chi connectivity index (χ0v) is 10.6. The molecule has 18 heavy (non-hydrogen) atoms. The fourth-order valence-electron chi connectivity index (χ4n) is 1.40. The summed E-state index contributed by atoms with van der Waals surface area (Å²) in [7, 11) is 0. The van der Waals surface area contributed by atoms with Gasteiger partial charge >= 0.3 is 5.97 Å². The number of esters is 1. The summed E-state index contributed by atoms with van der Waals surface area (Å²) in [5, 5.41) is 11.9. The van der Waals surface area contributed by atoms with Crippen LogP contribution < -0.4 is 5.32 Å². The van der Waals surface area contributed by atoms with Crippen molar-refractivity contribution in [1.29, 1.82) is 5.26 Å². The van der Waals surface area contributed by atoms with Crippen LogP contribution in [-0.4, -0.2) is 23.6 Å². The van der Waals surface area contributed by atoms with Gasteiger partial charge in [-0.1, -0.05) is 0 Å². The first-order valence-corrected chi connectivity index (χ1v) is 5.92. The summed E-state index contributed by atoms with van der Waals surface area (Å²) >= 11 is 0. The molecular formula is C13H17N3O2. The molecule has 0 saturated heterocycles. The SMILES string of the molecule is CC(C)OC(=O)CCCNc1ncccc1C#N. The Morgan fingerprint density at radius 1 is 1.61 bits per heavy atom. The quantitative estimate of drug-likeness (QED) is 0.615. The fraction of sp³-hybridized carbons (Fsp3) is 0.462. The highest BCUT2D eigenvalue weighted by Gasteiger charge is 2.05. The van der Waals surface area contributed by atoms with E-state index in [4.69, 9.17) is 10.00 Å². The molecule has 1 aromatic rings. The summed E-state index contributed by atoms with van der Waals surface area (Å²) in [6, 6.07) is 5.46. The van der Waals surface area contributed by atoms with Gasteiger partial charge in [-0.25, -0.2) is 4.98 Å². The molecular weight excluding hydrogens is 230 g/mol. The van der Waals surface area contributed by atoms with Crippen molar-refractivity contribution in [3.63, 3.8) is 0 Å². The number of ether oxygens (including phenoxy) is 1. The van der Waals surface area contributed by atoms with E-state index >= 15 is 0 Å². The Kier molecular flexibility index (Phi) is 5.65. The molecule has 0 atom stereocenters. The van der Waals surface area contributed by atoms with E-state index in [2.05, 4.69) is 16.4 Å². The lowest BCUT2D eigenvalue weighted by atomic mass is 10.2. The molecule has 0 saturated carbocycles. The Morgan fingerprint density at radius 2 is 2.39 bits per heavy atom. The molecule has 0 unspecified atom stereocenters. The van der Waals surface area contributed by atoms with Gasteiger partial charge < -0.3 is 10.1 Å². The van der Waals surface area contributed by atoms with Crippen LogP contribution in [0.15, 0.2) is 18.3 Å². The summed E-state index contributed by atoms with van der Waals surface area (Å²) in [5.41, 5.74) is 0.502. The first-order valence-electron chi connectivity index (χ1n) is 5.92. The van der Waals surface area contributed by atoms with E-state index in [0.717, 1.165) is 0 Å². The lowest BCUT2D eigenvalue weighted by molar-refractivity contribution is -0.147. The number of aromatic nitrogens is 1. The van der Waals surface area contributed by atoms with Crippen molar-refractivity contribution in [2.75, 3.05) is 11.9 Å². The fourth-order valence-corrected chi connectivity index (χ4v) is 1.40. The van der Waals surface area contributed by atoms with Gasteiger partial charge in [0, 0.05) is 19.2 Å². The number of anilines is 1. The second-order valence-electron chi connectivity index (χ2n) is 4.08. The number of carbonyl (C=O) groups is 1. The van der Waals surface area contributed by atoms with E-state index in [1.165, 1.54) is 0 Å². The van der Waals surface area contributed by atoms with Crippen LogP contribution in [0.1, 0.15) is 32.3 Å². The van der Waals surface area contributed by atoms with Crippen LogP contribution in [0.3, 0.4) is 0 Å². The lowest BCUT2D eigenvalue weighted by Gasteiger charge is -2.08. The maximum Gasteiger partial charge on any atom is 0.306 e. The monoisotopic (exact) mass is 247 g/mol. The smallest absolute Gasteiger partial charge is 0.306 e. The first kappa shape index (κ1) is 14.0. The molecule has 5 nitrogen and oxygen atoms in total. The standard InChI is InChI=1S/C13H17N3O2/c1-10(2)18-12(17)6-4-8-16-13-11(9-14)5-3-7-15-13/h3,5,7,10H,4,6,8H2,1-2H3,(H,15,16). The van der Waals surface area contributed by atoms with Gasteiger partial charge in [0.25, 0.3) is 0 Å². The number of pyridine rings is 1. The van der Waals surface area contributed by atoms with Gasteiger partial charge in [-0.3, -0.25) is 4.79 Å². The molecule has 1 N–H and O–H groups in total. The maximum atomic E-state index is 11.3. The van der Waals surface area contributed by atoms with Crippen molar-refractivity contribution in [2.45, 2.75) is 32.8 Å². The molecule has 0 aliphatic rings. The summed E-state index contributed by atoms with van der Waals surface area (Å²) < 4.78 is 5.01. The Balaban J connectivity index is 2.30. The molecule has 0 bridgehead atoms. The van der Waals surface area contributed by atoms with Crippen molar-refractivity contribution in [3.05, 3.63) is 23.9 Å². The largest absolute Gasteiger partial charge is 0.463 e. The van der Waals surface area contributed by atoms with Crippen molar-refractivity contribution < 1.29 is 9.53 Å². The minimum atomic E-state index is -0.201. The van der Waals surface area contributed by atoms with Gasteiger partial charge in [0.05, 0.1) is 11.7 Å². The third kappa shape index (κ3) is 4.83. The Morgan fingerprint density at radius 3 is 3.06 bits per heavy atom. The van der Waals surface area contributed by atoms with Crippen molar-refractivity contribution in [1.82, 2.24) is 4.98 Å². The van der Waals surface area contributed by atoms with Crippen LogP contribution >= 0.6 is 0 Å². The average Bonchev–Trinajstić information content (AvgIpc) is 2.34. The zero-order valence-electron chi connectivity index (χ0n) is 10.6. The molecule has 0 aliphatic heterocycles. The number of rotatable bonds is 6. The second kappa shape index (κ2) is 7.28. The van der Waals surface area contributed by atoms with Crippen LogP contribution in [0.25, 0.3) is 0 Å².